The Bertz CT molecular complexity index is 549. The van der Waals surface area contributed by atoms with Gasteiger partial charge in [0.1, 0.15) is 6.04 Å². The number of unbranched alkanes of at least 4 members (excludes halogenated alkanes) is 1. The standard InChI is InChI=1S/C18H27N3O4/c19-11-4-5-12-20-18(25)15(13-14-7-2-1-3-8-14)21-16(22)9-6-10-17(23)24/h1-3,7-8,15H,4-6,9-13,19H2,(H,20,25)(H,21,22)(H,23,24)/t15-/m0/s1. The summed E-state index contributed by atoms with van der Waals surface area (Å²) in [4.78, 5) is 34.9. The molecule has 5 N–H and O–H groups in total. The molecule has 0 radical (unpaired) electrons. The minimum atomic E-state index is -0.939. The van der Waals surface area contributed by atoms with Crippen LogP contribution in [0.2, 0.25) is 0 Å². The number of hydrogen-bond acceptors (Lipinski definition) is 4. The molecular formula is C18H27N3O4. The molecule has 0 heterocycles. The second kappa shape index (κ2) is 12.0. The number of carboxylic acids is 1. The lowest BCUT2D eigenvalue weighted by Crippen LogP contribution is -2.48. The zero-order chi connectivity index (χ0) is 18.5. The highest BCUT2D eigenvalue weighted by Crippen LogP contribution is 2.05. The van der Waals surface area contributed by atoms with Gasteiger partial charge in [0.2, 0.25) is 11.8 Å². The number of rotatable bonds is 12. The van der Waals surface area contributed by atoms with Gasteiger partial charge in [0.25, 0.3) is 0 Å². The van der Waals surface area contributed by atoms with Crippen molar-refractivity contribution in [2.24, 2.45) is 5.73 Å². The normalized spacial score (nSPS) is 11.6. The van der Waals surface area contributed by atoms with E-state index in [1.54, 1.807) is 0 Å². The average molecular weight is 349 g/mol. The van der Waals surface area contributed by atoms with Crippen molar-refractivity contribution in [3.05, 3.63) is 35.9 Å². The van der Waals surface area contributed by atoms with Gasteiger partial charge >= 0.3 is 5.97 Å². The molecule has 0 spiro atoms. The maximum absolute atomic E-state index is 12.4. The fourth-order valence-electron chi connectivity index (χ4n) is 2.33. The summed E-state index contributed by atoms with van der Waals surface area (Å²) in [7, 11) is 0. The number of amides is 2. The van der Waals surface area contributed by atoms with Crippen molar-refractivity contribution < 1.29 is 19.5 Å². The SMILES string of the molecule is NCCCCNC(=O)[C@H](Cc1ccccc1)NC(=O)CCCC(=O)O. The number of carbonyl (C=O) groups is 3. The third kappa shape index (κ3) is 9.46. The molecule has 0 aliphatic rings. The highest BCUT2D eigenvalue weighted by atomic mass is 16.4. The van der Waals surface area contributed by atoms with Gasteiger partial charge in [-0.25, -0.2) is 0 Å². The largest absolute Gasteiger partial charge is 0.481 e. The molecule has 0 bridgehead atoms. The maximum Gasteiger partial charge on any atom is 0.303 e. The van der Waals surface area contributed by atoms with E-state index in [0.29, 0.717) is 19.5 Å². The van der Waals surface area contributed by atoms with E-state index in [1.807, 2.05) is 30.3 Å². The number of aliphatic carboxylic acids is 1. The molecule has 0 aliphatic carbocycles. The van der Waals surface area contributed by atoms with Crippen LogP contribution in [0.4, 0.5) is 0 Å². The Kier molecular flexibility index (Phi) is 9.92. The van der Waals surface area contributed by atoms with E-state index >= 15 is 0 Å². The van der Waals surface area contributed by atoms with Crippen LogP contribution in [0, 0.1) is 0 Å². The quantitative estimate of drug-likeness (QED) is 0.416. The third-order valence-electron chi connectivity index (χ3n) is 3.66. The number of hydrogen-bond donors (Lipinski definition) is 4. The molecule has 0 aliphatic heterocycles. The molecule has 1 aromatic carbocycles. The van der Waals surface area contributed by atoms with E-state index in [4.69, 9.17) is 10.8 Å². The molecule has 2 amide bonds. The maximum atomic E-state index is 12.4. The minimum Gasteiger partial charge on any atom is -0.481 e. The molecule has 138 valence electrons. The predicted octanol–water partition coefficient (Wildman–Crippen LogP) is 0.824. The summed E-state index contributed by atoms with van der Waals surface area (Å²) in [6.07, 6.45) is 2.25. The first-order valence-corrected chi connectivity index (χ1v) is 8.55. The van der Waals surface area contributed by atoms with Crippen molar-refractivity contribution in [2.75, 3.05) is 13.1 Å². The highest BCUT2D eigenvalue weighted by Gasteiger charge is 2.20. The first-order chi connectivity index (χ1) is 12.0. The minimum absolute atomic E-state index is 0.0674. The van der Waals surface area contributed by atoms with Crippen LogP contribution < -0.4 is 16.4 Å². The van der Waals surface area contributed by atoms with Gasteiger partial charge in [0.05, 0.1) is 0 Å². The van der Waals surface area contributed by atoms with Crippen LogP contribution in [0.5, 0.6) is 0 Å². The van der Waals surface area contributed by atoms with Gasteiger partial charge in [-0.15, -0.1) is 0 Å². The van der Waals surface area contributed by atoms with E-state index in [2.05, 4.69) is 10.6 Å². The summed E-state index contributed by atoms with van der Waals surface area (Å²) in [6.45, 7) is 1.08. The van der Waals surface area contributed by atoms with Crippen molar-refractivity contribution in [2.45, 2.75) is 44.6 Å². The first kappa shape index (κ1) is 20.6. The number of nitrogens with two attached hydrogens (primary N) is 1. The van der Waals surface area contributed by atoms with Crippen LogP contribution in [0.25, 0.3) is 0 Å². The molecule has 25 heavy (non-hydrogen) atoms. The molecule has 0 aromatic heterocycles. The van der Waals surface area contributed by atoms with Crippen LogP contribution in [-0.2, 0) is 20.8 Å². The van der Waals surface area contributed by atoms with Gasteiger partial charge in [0.15, 0.2) is 0 Å². The van der Waals surface area contributed by atoms with Crippen LogP contribution in [-0.4, -0.2) is 42.0 Å². The number of carboxylic acid groups (broad SMARTS) is 1. The monoisotopic (exact) mass is 349 g/mol. The smallest absolute Gasteiger partial charge is 0.303 e. The second-order valence-corrected chi connectivity index (χ2v) is 5.84. The molecule has 1 aromatic rings. The zero-order valence-electron chi connectivity index (χ0n) is 14.4. The molecule has 0 saturated heterocycles. The molecule has 0 fully saturated rings. The second-order valence-electron chi connectivity index (χ2n) is 5.84. The molecule has 7 nitrogen and oxygen atoms in total. The van der Waals surface area contributed by atoms with Crippen molar-refractivity contribution >= 4 is 17.8 Å². The van der Waals surface area contributed by atoms with Gasteiger partial charge < -0.3 is 21.5 Å². The van der Waals surface area contributed by atoms with E-state index in [-0.39, 0.29) is 31.1 Å². The molecular weight excluding hydrogens is 322 g/mol. The Morgan fingerprint density at radius 2 is 1.76 bits per heavy atom. The average Bonchev–Trinajstić information content (AvgIpc) is 2.58. The van der Waals surface area contributed by atoms with Crippen molar-refractivity contribution in [3.63, 3.8) is 0 Å². The van der Waals surface area contributed by atoms with Gasteiger partial charge in [0, 0.05) is 25.8 Å². The summed E-state index contributed by atoms with van der Waals surface area (Å²) >= 11 is 0. The van der Waals surface area contributed by atoms with Gasteiger partial charge in [-0.3, -0.25) is 14.4 Å². The Labute approximate surface area is 148 Å². The van der Waals surface area contributed by atoms with Gasteiger partial charge in [-0.2, -0.15) is 0 Å². The Morgan fingerprint density at radius 1 is 1.04 bits per heavy atom. The lowest BCUT2D eigenvalue weighted by molar-refractivity contribution is -0.137. The van der Waals surface area contributed by atoms with Crippen LogP contribution >= 0.6 is 0 Å². The van der Waals surface area contributed by atoms with Crippen LogP contribution in [0.1, 0.15) is 37.7 Å². The van der Waals surface area contributed by atoms with E-state index in [0.717, 1.165) is 18.4 Å². The number of benzene rings is 1. The molecule has 0 unspecified atom stereocenters. The summed E-state index contributed by atoms with van der Waals surface area (Å²) < 4.78 is 0. The van der Waals surface area contributed by atoms with E-state index in [9.17, 15) is 14.4 Å². The third-order valence-corrected chi connectivity index (χ3v) is 3.66. The van der Waals surface area contributed by atoms with Crippen molar-refractivity contribution in [1.82, 2.24) is 10.6 Å². The van der Waals surface area contributed by atoms with Crippen molar-refractivity contribution in [1.29, 1.82) is 0 Å². The summed E-state index contributed by atoms with van der Waals surface area (Å²) in [6, 6.07) is 8.74. The van der Waals surface area contributed by atoms with E-state index < -0.39 is 12.0 Å². The Balaban J connectivity index is 2.58. The van der Waals surface area contributed by atoms with E-state index in [1.165, 1.54) is 0 Å². The summed E-state index contributed by atoms with van der Waals surface area (Å²) in [5, 5.41) is 14.2. The molecule has 1 rings (SSSR count). The van der Waals surface area contributed by atoms with Gasteiger partial charge in [-0.1, -0.05) is 30.3 Å². The first-order valence-electron chi connectivity index (χ1n) is 8.55. The Morgan fingerprint density at radius 3 is 2.40 bits per heavy atom. The lowest BCUT2D eigenvalue weighted by atomic mass is 10.0. The molecule has 7 heteroatoms. The fourth-order valence-corrected chi connectivity index (χ4v) is 2.33. The Hall–Kier alpha value is -2.41. The van der Waals surface area contributed by atoms with Gasteiger partial charge in [-0.05, 0) is 31.4 Å². The summed E-state index contributed by atoms with van der Waals surface area (Å²) in [5.41, 5.74) is 6.37. The van der Waals surface area contributed by atoms with Crippen LogP contribution in [0.3, 0.4) is 0 Å². The van der Waals surface area contributed by atoms with Crippen molar-refractivity contribution in [3.8, 4) is 0 Å². The molecule has 1 atom stereocenters. The molecule has 0 saturated carbocycles. The lowest BCUT2D eigenvalue weighted by Gasteiger charge is -2.18. The van der Waals surface area contributed by atoms with Crippen LogP contribution in [0.15, 0.2) is 30.3 Å². The topological polar surface area (TPSA) is 122 Å². The summed E-state index contributed by atoms with van der Waals surface area (Å²) in [5.74, 6) is -1.50. The predicted molar refractivity (Wildman–Crippen MR) is 94.9 cm³/mol. The number of carbonyl (C=O) groups excluding carboxylic acids is 2. The number of nitrogens with one attached hydrogen (secondary N) is 2. The fraction of sp³-hybridized carbons (Fsp3) is 0.500. The highest BCUT2D eigenvalue weighted by molar-refractivity contribution is 5.88. The zero-order valence-corrected chi connectivity index (χ0v) is 14.4.